The van der Waals surface area contributed by atoms with Crippen molar-refractivity contribution in [2.75, 3.05) is 5.32 Å². The van der Waals surface area contributed by atoms with Crippen molar-refractivity contribution >= 4 is 22.6 Å². The Morgan fingerprint density at radius 1 is 0.912 bits per heavy atom. The maximum absolute atomic E-state index is 12.8. The summed E-state index contributed by atoms with van der Waals surface area (Å²) in [6, 6.07) is 24.4. The zero-order chi connectivity index (χ0) is 24.1. The summed E-state index contributed by atoms with van der Waals surface area (Å²) in [6.07, 6.45) is 1.84. The molecular weight excluding hydrogens is 426 g/mol. The van der Waals surface area contributed by atoms with E-state index in [-0.39, 0.29) is 29.1 Å². The van der Waals surface area contributed by atoms with Crippen molar-refractivity contribution in [1.29, 1.82) is 0 Å². The summed E-state index contributed by atoms with van der Waals surface area (Å²) < 4.78 is 5.49. The van der Waals surface area contributed by atoms with Crippen LogP contribution >= 0.6 is 0 Å². The lowest BCUT2D eigenvalue weighted by atomic mass is 9.88. The van der Waals surface area contributed by atoms with E-state index in [0.29, 0.717) is 29.5 Å². The number of carbonyl (C=O) groups excluding carboxylic acids is 1. The third-order valence-corrected chi connectivity index (χ3v) is 6.34. The van der Waals surface area contributed by atoms with Gasteiger partial charge in [-0.15, -0.1) is 0 Å². The second kappa shape index (κ2) is 10.4. The predicted molar refractivity (Wildman–Crippen MR) is 135 cm³/mol. The molecule has 4 aromatic rings. The maximum atomic E-state index is 12.8. The Morgan fingerprint density at radius 2 is 1.62 bits per heavy atom. The van der Waals surface area contributed by atoms with Crippen molar-refractivity contribution in [1.82, 2.24) is 0 Å². The summed E-state index contributed by atoms with van der Waals surface area (Å²) in [5.41, 5.74) is 2.68. The quantitative estimate of drug-likeness (QED) is 0.295. The number of rotatable bonds is 8. The SMILES string of the molecule is CCC(CC(=O)Nc1cccc(C(CC)c2c(O)c3ccccc3oc2=O)c1)c1ccccc1. The van der Waals surface area contributed by atoms with Crippen LogP contribution in [0.25, 0.3) is 11.0 Å². The third-order valence-electron chi connectivity index (χ3n) is 6.34. The van der Waals surface area contributed by atoms with Crippen molar-refractivity contribution in [2.45, 2.75) is 44.9 Å². The standard InChI is InChI=1S/C29H29NO4/c1-3-19(20-11-6-5-7-12-20)18-26(31)30-22-14-10-13-21(17-22)23(4-2)27-28(32)24-15-8-9-16-25(24)34-29(27)33/h5-17,19,23,32H,3-4,18H2,1-2H3,(H,30,31). The second-order valence-electron chi connectivity index (χ2n) is 8.50. The van der Waals surface area contributed by atoms with Gasteiger partial charge in [0, 0.05) is 18.0 Å². The number of hydrogen-bond acceptors (Lipinski definition) is 4. The third kappa shape index (κ3) is 4.88. The Morgan fingerprint density at radius 3 is 2.35 bits per heavy atom. The summed E-state index contributed by atoms with van der Waals surface area (Å²) in [5, 5.41) is 14.4. The minimum Gasteiger partial charge on any atom is -0.507 e. The van der Waals surface area contributed by atoms with Crippen molar-refractivity contribution < 1.29 is 14.3 Å². The van der Waals surface area contributed by atoms with Crippen LogP contribution in [0.1, 0.15) is 61.6 Å². The molecule has 0 aliphatic heterocycles. The number of anilines is 1. The lowest BCUT2D eigenvalue weighted by Gasteiger charge is -2.18. The zero-order valence-corrected chi connectivity index (χ0v) is 19.5. The van der Waals surface area contributed by atoms with Crippen molar-refractivity contribution in [3.63, 3.8) is 0 Å². The topological polar surface area (TPSA) is 79.5 Å². The molecule has 1 amide bonds. The smallest absolute Gasteiger partial charge is 0.343 e. The average Bonchev–Trinajstić information content (AvgIpc) is 2.85. The van der Waals surface area contributed by atoms with Crippen LogP contribution in [-0.4, -0.2) is 11.0 Å². The molecule has 1 aromatic heterocycles. The Hall–Kier alpha value is -3.86. The molecule has 2 unspecified atom stereocenters. The fourth-order valence-electron chi connectivity index (χ4n) is 4.55. The number of para-hydroxylation sites is 1. The number of aromatic hydroxyl groups is 1. The van der Waals surface area contributed by atoms with Gasteiger partial charge in [0.2, 0.25) is 5.91 Å². The molecule has 34 heavy (non-hydrogen) atoms. The molecule has 0 fully saturated rings. The molecule has 0 saturated carbocycles. The number of hydrogen-bond donors (Lipinski definition) is 2. The number of amides is 1. The molecule has 5 nitrogen and oxygen atoms in total. The van der Waals surface area contributed by atoms with Crippen molar-refractivity contribution in [3.8, 4) is 5.75 Å². The largest absolute Gasteiger partial charge is 0.507 e. The first-order valence-electron chi connectivity index (χ1n) is 11.7. The summed E-state index contributed by atoms with van der Waals surface area (Å²) in [7, 11) is 0. The van der Waals surface area contributed by atoms with E-state index < -0.39 is 5.63 Å². The van der Waals surface area contributed by atoms with Crippen LogP contribution in [0, 0.1) is 0 Å². The zero-order valence-electron chi connectivity index (χ0n) is 19.5. The van der Waals surface area contributed by atoms with E-state index in [2.05, 4.69) is 24.4 Å². The fourth-order valence-corrected chi connectivity index (χ4v) is 4.55. The molecule has 4 rings (SSSR count). The number of carbonyl (C=O) groups is 1. The van der Waals surface area contributed by atoms with Crippen LogP contribution in [-0.2, 0) is 4.79 Å². The molecule has 0 aliphatic rings. The van der Waals surface area contributed by atoms with E-state index in [1.807, 2.05) is 49.4 Å². The molecule has 0 spiro atoms. The van der Waals surface area contributed by atoms with Crippen LogP contribution in [0.4, 0.5) is 5.69 Å². The summed E-state index contributed by atoms with van der Waals surface area (Å²) in [4.78, 5) is 25.6. The molecule has 0 radical (unpaired) electrons. The average molecular weight is 456 g/mol. The summed E-state index contributed by atoms with van der Waals surface area (Å²) >= 11 is 0. The van der Waals surface area contributed by atoms with Crippen LogP contribution in [0.2, 0.25) is 0 Å². The van der Waals surface area contributed by atoms with Gasteiger partial charge < -0.3 is 14.8 Å². The van der Waals surface area contributed by atoms with E-state index in [9.17, 15) is 14.7 Å². The lowest BCUT2D eigenvalue weighted by molar-refractivity contribution is -0.116. The predicted octanol–water partition coefficient (Wildman–Crippen LogP) is 6.56. The highest BCUT2D eigenvalue weighted by molar-refractivity contribution is 5.91. The first kappa shape index (κ1) is 23.3. The Labute approximate surface area is 199 Å². The first-order chi connectivity index (χ1) is 16.5. The Kier molecular flexibility index (Phi) is 7.12. The highest BCUT2D eigenvalue weighted by Crippen LogP contribution is 2.36. The monoisotopic (exact) mass is 455 g/mol. The van der Waals surface area contributed by atoms with Gasteiger partial charge in [0.05, 0.1) is 10.9 Å². The van der Waals surface area contributed by atoms with Crippen LogP contribution in [0.15, 0.2) is 88.1 Å². The minimum atomic E-state index is -0.550. The number of nitrogens with one attached hydrogen (secondary N) is 1. The van der Waals surface area contributed by atoms with E-state index in [4.69, 9.17) is 4.42 Å². The molecule has 5 heteroatoms. The molecule has 0 bridgehead atoms. The molecule has 0 aliphatic carbocycles. The molecule has 174 valence electrons. The van der Waals surface area contributed by atoms with Crippen LogP contribution in [0.5, 0.6) is 5.75 Å². The van der Waals surface area contributed by atoms with Gasteiger partial charge in [-0.05, 0) is 54.2 Å². The van der Waals surface area contributed by atoms with Gasteiger partial charge in [-0.2, -0.15) is 0 Å². The van der Waals surface area contributed by atoms with Gasteiger partial charge in [0.1, 0.15) is 11.3 Å². The lowest BCUT2D eigenvalue weighted by Crippen LogP contribution is -2.16. The second-order valence-corrected chi connectivity index (χ2v) is 8.50. The minimum absolute atomic E-state index is 0.0539. The molecule has 0 saturated heterocycles. The number of fused-ring (bicyclic) bond motifs is 1. The fraction of sp³-hybridized carbons (Fsp3) is 0.241. The molecule has 3 aromatic carbocycles. The van der Waals surface area contributed by atoms with Gasteiger partial charge in [0.15, 0.2) is 0 Å². The Bertz CT molecular complexity index is 1340. The van der Waals surface area contributed by atoms with E-state index in [0.717, 1.165) is 17.5 Å². The summed E-state index contributed by atoms with van der Waals surface area (Å²) in [6.45, 7) is 4.04. The van der Waals surface area contributed by atoms with E-state index in [1.54, 1.807) is 24.3 Å². The van der Waals surface area contributed by atoms with Crippen molar-refractivity contribution in [3.05, 3.63) is 106 Å². The maximum Gasteiger partial charge on any atom is 0.343 e. The molecule has 2 N–H and O–H groups in total. The van der Waals surface area contributed by atoms with Gasteiger partial charge in [-0.3, -0.25) is 4.79 Å². The first-order valence-corrected chi connectivity index (χ1v) is 11.7. The van der Waals surface area contributed by atoms with E-state index >= 15 is 0 Å². The van der Waals surface area contributed by atoms with Crippen LogP contribution in [0.3, 0.4) is 0 Å². The molecule has 2 atom stereocenters. The number of benzene rings is 3. The van der Waals surface area contributed by atoms with Gasteiger partial charge in [-0.1, -0.05) is 68.4 Å². The highest BCUT2D eigenvalue weighted by Gasteiger charge is 2.24. The van der Waals surface area contributed by atoms with Crippen molar-refractivity contribution in [2.24, 2.45) is 0 Å². The molecule has 1 heterocycles. The normalized spacial score (nSPS) is 12.9. The van der Waals surface area contributed by atoms with E-state index in [1.165, 1.54) is 0 Å². The highest BCUT2D eigenvalue weighted by atomic mass is 16.4. The molecular formula is C29H29NO4. The van der Waals surface area contributed by atoms with Gasteiger partial charge >= 0.3 is 5.63 Å². The van der Waals surface area contributed by atoms with Crippen LogP contribution < -0.4 is 10.9 Å². The Balaban J connectivity index is 1.59. The summed E-state index contributed by atoms with van der Waals surface area (Å²) in [5.74, 6) is -0.340. The van der Waals surface area contributed by atoms with Gasteiger partial charge in [0.25, 0.3) is 0 Å². The van der Waals surface area contributed by atoms with Gasteiger partial charge in [-0.25, -0.2) is 4.79 Å².